The number of rotatable bonds is 3. The van der Waals surface area contributed by atoms with Crippen LogP contribution in [-0.2, 0) is 19.1 Å². The zero-order valence-electron chi connectivity index (χ0n) is 10.7. The fraction of sp³-hybridized carbons (Fsp3) is 0.833. The summed E-state index contributed by atoms with van der Waals surface area (Å²) in [7, 11) is 1.63. The van der Waals surface area contributed by atoms with Crippen LogP contribution in [0.3, 0.4) is 0 Å². The van der Waals surface area contributed by atoms with E-state index in [0.29, 0.717) is 13.0 Å². The van der Waals surface area contributed by atoms with E-state index in [1.54, 1.807) is 14.0 Å². The number of likely N-dealkylation sites (N-methyl/N-ethyl adjacent to an activating group) is 1. The maximum absolute atomic E-state index is 12.4. The zero-order chi connectivity index (χ0) is 13.3. The Labute approximate surface area is 106 Å². The number of aliphatic carboxylic acids is 1. The SMILES string of the molecule is CN(C(=O)C1(C)CCCO1)C1COCC1C(=O)O. The summed E-state index contributed by atoms with van der Waals surface area (Å²) in [6.07, 6.45) is 1.54. The molecule has 18 heavy (non-hydrogen) atoms. The number of amides is 1. The number of carboxylic acids is 1. The minimum Gasteiger partial charge on any atom is -0.481 e. The van der Waals surface area contributed by atoms with Gasteiger partial charge in [0.15, 0.2) is 0 Å². The van der Waals surface area contributed by atoms with Gasteiger partial charge in [-0.2, -0.15) is 0 Å². The smallest absolute Gasteiger partial charge is 0.311 e. The van der Waals surface area contributed by atoms with Crippen LogP contribution < -0.4 is 0 Å². The molecule has 0 radical (unpaired) electrons. The predicted molar refractivity (Wildman–Crippen MR) is 62.1 cm³/mol. The lowest BCUT2D eigenvalue weighted by atomic mass is 9.97. The van der Waals surface area contributed by atoms with E-state index in [2.05, 4.69) is 0 Å². The standard InChI is InChI=1S/C12H19NO5/c1-12(4-3-5-18-12)11(16)13(2)9-7-17-6-8(9)10(14)15/h8-9H,3-7H2,1-2H3,(H,14,15). The summed E-state index contributed by atoms with van der Waals surface area (Å²) in [5.41, 5.74) is -0.805. The van der Waals surface area contributed by atoms with Crippen molar-refractivity contribution in [1.29, 1.82) is 0 Å². The van der Waals surface area contributed by atoms with E-state index in [0.717, 1.165) is 6.42 Å². The topological polar surface area (TPSA) is 76.1 Å². The van der Waals surface area contributed by atoms with Gasteiger partial charge in [0.05, 0.1) is 19.3 Å². The molecule has 3 unspecified atom stereocenters. The van der Waals surface area contributed by atoms with Crippen molar-refractivity contribution in [3.63, 3.8) is 0 Å². The molecule has 0 spiro atoms. The maximum Gasteiger partial charge on any atom is 0.311 e. The van der Waals surface area contributed by atoms with Crippen LogP contribution in [0.5, 0.6) is 0 Å². The summed E-state index contributed by atoms with van der Waals surface area (Å²) in [5, 5.41) is 9.09. The molecular weight excluding hydrogens is 238 g/mol. The summed E-state index contributed by atoms with van der Waals surface area (Å²) in [5.74, 6) is -1.72. The molecule has 102 valence electrons. The molecule has 0 saturated carbocycles. The van der Waals surface area contributed by atoms with Crippen LogP contribution >= 0.6 is 0 Å². The molecular formula is C12H19NO5. The van der Waals surface area contributed by atoms with Crippen LogP contribution in [0.4, 0.5) is 0 Å². The largest absolute Gasteiger partial charge is 0.481 e. The minimum absolute atomic E-state index is 0.151. The summed E-state index contributed by atoms with van der Waals surface area (Å²) in [6, 6.07) is -0.406. The summed E-state index contributed by atoms with van der Waals surface area (Å²) in [4.78, 5) is 24.9. The third-order valence-corrected chi connectivity index (χ3v) is 3.86. The third-order valence-electron chi connectivity index (χ3n) is 3.86. The van der Waals surface area contributed by atoms with E-state index < -0.39 is 23.5 Å². The quantitative estimate of drug-likeness (QED) is 0.776. The van der Waals surface area contributed by atoms with Crippen LogP contribution in [-0.4, -0.2) is 60.4 Å². The number of ether oxygens (including phenoxy) is 2. The average Bonchev–Trinajstić information content (AvgIpc) is 2.96. The Bertz CT molecular complexity index is 350. The highest BCUT2D eigenvalue weighted by atomic mass is 16.5. The molecule has 0 aromatic rings. The molecule has 6 heteroatoms. The molecule has 2 heterocycles. The molecule has 0 bridgehead atoms. The summed E-state index contributed by atoms with van der Waals surface area (Å²) in [6.45, 7) is 2.79. The average molecular weight is 257 g/mol. The molecule has 0 aliphatic carbocycles. The number of carbonyl (C=O) groups is 2. The van der Waals surface area contributed by atoms with E-state index in [9.17, 15) is 9.59 Å². The van der Waals surface area contributed by atoms with Gasteiger partial charge >= 0.3 is 5.97 Å². The highest BCUT2D eigenvalue weighted by Gasteiger charge is 2.45. The first kappa shape index (κ1) is 13.3. The van der Waals surface area contributed by atoms with Gasteiger partial charge in [-0.05, 0) is 19.8 Å². The van der Waals surface area contributed by atoms with E-state index >= 15 is 0 Å². The van der Waals surface area contributed by atoms with Crippen LogP contribution in [0.1, 0.15) is 19.8 Å². The lowest BCUT2D eigenvalue weighted by Gasteiger charge is -2.33. The van der Waals surface area contributed by atoms with Crippen molar-refractivity contribution in [3.05, 3.63) is 0 Å². The molecule has 6 nitrogen and oxygen atoms in total. The van der Waals surface area contributed by atoms with E-state index in [1.807, 2.05) is 0 Å². The highest BCUT2D eigenvalue weighted by Crippen LogP contribution is 2.29. The second-order valence-electron chi connectivity index (χ2n) is 5.15. The van der Waals surface area contributed by atoms with Crippen molar-refractivity contribution >= 4 is 11.9 Å². The van der Waals surface area contributed by atoms with E-state index in [4.69, 9.17) is 14.6 Å². The molecule has 2 rings (SSSR count). The predicted octanol–water partition coefficient (Wildman–Crippen LogP) is 0.114. The van der Waals surface area contributed by atoms with Gasteiger partial charge in [0.2, 0.25) is 0 Å². The Morgan fingerprint density at radius 1 is 1.39 bits per heavy atom. The second-order valence-corrected chi connectivity index (χ2v) is 5.15. The van der Waals surface area contributed by atoms with Crippen molar-refractivity contribution in [2.24, 2.45) is 5.92 Å². The minimum atomic E-state index is -0.922. The van der Waals surface area contributed by atoms with Crippen molar-refractivity contribution in [2.75, 3.05) is 26.9 Å². The molecule has 2 fully saturated rings. The number of carbonyl (C=O) groups excluding carboxylic acids is 1. The fourth-order valence-electron chi connectivity index (χ4n) is 2.63. The van der Waals surface area contributed by atoms with Gasteiger partial charge in [0.25, 0.3) is 5.91 Å². The molecule has 0 aromatic heterocycles. The maximum atomic E-state index is 12.4. The first-order chi connectivity index (χ1) is 8.46. The van der Waals surface area contributed by atoms with Crippen LogP contribution in [0.15, 0.2) is 0 Å². The highest BCUT2D eigenvalue weighted by molar-refractivity contribution is 5.86. The number of carboxylic acid groups (broad SMARTS) is 1. The van der Waals surface area contributed by atoms with Gasteiger partial charge in [-0.25, -0.2) is 0 Å². The Morgan fingerprint density at radius 3 is 2.67 bits per heavy atom. The molecule has 1 amide bonds. The lowest BCUT2D eigenvalue weighted by molar-refractivity contribution is -0.154. The summed E-state index contributed by atoms with van der Waals surface area (Å²) < 4.78 is 10.7. The normalized spacial score (nSPS) is 35.7. The van der Waals surface area contributed by atoms with Gasteiger partial charge in [-0.15, -0.1) is 0 Å². The monoisotopic (exact) mass is 257 g/mol. The first-order valence-corrected chi connectivity index (χ1v) is 6.17. The van der Waals surface area contributed by atoms with Crippen LogP contribution in [0.25, 0.3) is 0 Å². The van der Waals surface area contributed by atoms with Gasteiger partial charge < -0.3 is 19.5 Å². The Kier molecular flexibility index (Phi) is 3.59. The Hall–Kier alpha value is -1.14. The van der Waals surface area contributed by atoms with Gasteiger partial charge in [0, 0.05) is 13.7 Å². The second kappa shape index (κ2) is 4.85. The fourth-order valence-corrected chi connectivity index (χ4v) is 2.63. The van der Waals surface area contributed by atoms with E-state index in [-0.39, 0.29) is 19.1 Å². The van der Waals surface area contributed by atoms with Crippen molar-refractivity contribution in [1.82, 2.24) is 4.90 Å². The summed E-state index contributed by atoms with van der Waals surface area (Å²) >= 11 is 0. The molecule has 0 aromatic carbocycles. The number of nitrogens with zero attached hydrogens (tertiary/aromatic N) is 1. The lowest BCUT2D eigenvalue weighted by Crippen LogP contribution is -2.52. The zero-order valence-corrected chi connectivity index (χ0v) is 10.7. The molecule has 2 aliphatic heterocycles. The van der Waals surface area contributed by atoms with Crippen molar-refractivity contribution < 1.29 is 24.2 Å². The molecule has 2 aliphatic rings. The van der Waals surface area contributed by atoms with Crippen molar-refractivity contribution in [2.45, 2.75) is 31.4 Å². The van der Waals surface area contributed by atoms with Crippen molar-refractivity contribution in [3.8, 4) is 0 Å². The first-order valence-electron chi connectivity index (χ1n) is 6.17. The van der Waals surface area contributed by atoms with Crippen LogP contribution in [0, 0.1) is 5.92 Å². The number of hydrogen-bond acceptors (Lipinski definition) is 4. The molecule has 1 N–H and O–H groups in total. The van der Waals surface area contributed by atoms with Gasteiger partial charge in [-0.3, -0.25) is 9.59 Å². The van der Waals surface area contributed by atoms with Crippen LogP contribution in [0.2, 0.25) is 0 Å². The van der Waals surface area contributed by atoms with Gasteiger partial charge in [-0.1, -0.05) is 0 Å². The third kappa shape index (κ3) is 2.22. The van der Waals surface area contributed by atoms with E-state index in [1.165, 1.54) is 4.90 Å². The number of hydrogen-bond donors (Lipinski definition) is 1. The Balaban J connectivity index is 2.08. The molecule has 3 atom stereocenters. The molecule has 2 saturated heterocycles. The Morgan fingerprint density at radius 2 is 2.11 bits per heavy atom. The van der Waals surface area contributed by atoms with Gasteiger partial charge in [0.1, 0.15) is 11.5 Å².